The summed E-state index contributed by atoms with van der Waals surface area (Å²) in [5, 5.41) is 23.2. The minimum absolute atomic E-state index is 0.0653. The third-order valence-corrected chi connectivity index (χ3v) is 4.70. The van der Waals surface area contributed by atoms with Gasteiger partial charge in [0.1, 0.15) is 5.75 Å². The first-order valence-electron chi connectivity index (χ1n) is 9.70. The molecule has 0 heterocycles. The highest BCUT2D eigenvalue weighted by atomic mass is 16.5. The van der Waals surface area contributed by atoms with Crippen LogP contribution in [-0.2, 0) is 19.1 Å². The van der Waals surface area contributed by atoms with Crippen molar-refractivity contribution in [1.29, 1.82) is 0 Å². The molecule has 0 amide bonds. The smallest absolute Gasteiger partial charge is 0.312 e. The molecule has 29 heavy (non-hydrogen) atoms. The molecule has 7 heteroatoms. The fourth-order valence-electron chi connectivity index (χ4n) is 2.91. The van der Waals surface area contributed by atoms with Crippen molar-refractivity contribution in [3.8, 4) is 5.75 Å². The van der Waals surface area contributed by atoms with E-state index < -0.39 is 35.3 Å². The van der Waals surface area contributed by atoms with E-state index in [1.165, 1.54) is 0 Å². The maximum Gasteiger partial charge on any atom is 0.312 e. The molecule has 0 fully saturated rings. The van der Waals surface area contributed by atoms with Crippen LogP contribution in [0.3, 0.4) is 0 Å². The Labute approximate surface area is 171 Å². The van der Waals surface area contributed by atoms with Crippen molar-refractivity contribution in [2.24, 2.45) is 5.41 Å². The van der Waals surface area contributed by atoms with Crippen molar-refractivity contribution >= 4 is 17.9 Å². The largest absolute Gasteiger partial charge is 0.549 e. The van der Waals surface area contributed by atoms with Crippen LogP contribution in [0, 0.1) is 12.3 Å². The van der Waals surface area contributed by atoms with E-state index in [-0.39, 0.29) is 18.8 Å². The number of carbonyl (C=O) groups is 3. The third-order valence-electron chi connectivity index (χ3n) is 4.70. The SMILES string of the molecule is C=C(C(=O)[O-])C(CCOCCCCCC)(CC(=O)Oc1cccc(C)c1)C(=O)[O-]. The van der Waals surface area contributed by atoms with Gasteiger partial charge < -0.3 is 29.3 Å². The molecule has 0 bridgehead atoms. The average Bonchev–Trinajstić information content (AvgIpc) is 2.65. The van der Waals surface area contributed by atoms with Crippen LogP contribution in [0.1, 0.15) is 51.0 Å². The number of hydrogen-bond donors (Lipinski definition) is 0. The maximum atomic E-state index is 12.4. The second-order valence-corrected chi connectivity index (χ2v) is 7.03. The van der Waals surface area contributed by atoms with Crippen LogP contribution < -0.4 is 14.9 Å². The summed E-state index contributed by atoms with van der Waals surface area (Å²) in [5.41, 5.74) is -2.08. The molecule has 160 valence electrons. The summed E-state index contributed by atoms with van der Waals surface area (Å²) in [4.78, 5) is 35.6. The molecule has 1 aromatic rings. The Hall–Kier alpha value is -2.67. The zero-order valence-corrected chi connectivity index (χ0v) is 17.0. The number of esters is 1. The van der Waals surface area contributed by atoms with Gasteiger partial charge >= 0.3 is 5.97 Å². The van der Waals surface area contributed by atoms with Crippen LogP contribution in [0.25, 0.3) is 0 Å². The highest BCUT2D eigenvalue weighted by Crippen LogP contribution is 2.35. The molecule has 0 aliphatic heterocycles. The molecular weight excluding hydrogens is 376 g/mol. The summed E-state index contributed by atoms with van der Waals surface area (Å²) in [7, 11) is 0. The summed E-state index contributed by atoms with van der Waals surface area (Å²) in [6.07, 6.45) is 2.88. The Morgan fingerprint density at radius 3 is 2.41 bits per heavy atom. The number of aliphatic carboxylic acids is 2. The number of rotatable bonds is 14. The van der Waals surface area contributed by atoms with Gasteiger partial charge in [-0.1, -0.05) is 44.9 Å². The van der Waals surface area contributed by atoms with Gasteiger partial charge in [0.05, 0.1) is 18.4 Å². The number of carboxylic acid groups (broad SMARTS) is 2. The van der Waals surface area contributed by atoms with E-state index in [2.05, 4.69) is 13.5 Å². The van der Waals surface area contributed by atoms with Gasteiger partial charge in [-0.25, -0.2) is 0 Å². The Balaban J connectivity index is 2.86. The summed E-state index contributed by atoms with van der Waals surface area (Å²) >= 11 is 0. The van der Waals surface area contributed by atoms with Gasteiger partial charge in [0.2, 0.25) is 0 Å². The minimum atomic E-state index is -2.18. The van der Waals surface area contributed by atoms with E-state index in [0.29, 0.717) is 6.61 Å². The molecule has 1 atom stereocenters. The van der Waals surface area contributed by atoms with Gasteiger partial charge in [-0.05, 0) is 43.0 Å². The van der Waals surface area contributed by atoms with Crippen LogP contribution in [0.15, 0.2) is 36.4 Å². The van der Waals surface area contributed by atoms with Crippen LogP contribution >= 0.6 is 0 Å². The molecule has 7 nitrogen and oxygen atoms in total. The number of unbranched alkanes of at least 4 members (excludes halogenated alkanes) is 3. The predicted octanol–water partition coefficient (Wildman–Crippen LogP) is 1.32. The monoisotopic (exact) mass is 404 g/mol. The molecule has 0 spiro atoms. The van der Waals surface area contributed by atoms with Gasteiger partial charge in [-0.2, -0.15) is 0 Å². The van der Waals surface area contributed by atoms with Gasteiger partial charge in [-0.3, -0.25) is 4.79 Å². The summed E-state index contributed by atoms with van der Waals surface area (Å²) < 4.78 is 10.6. The van der Waals surface area contributed by atoms with Crippen molar-refractivity contribution in [2.75, 3.05) is 13.2 Å². The number of carbonyl (C=O) groups excluding carboxylic acids is 3. The van der Waals surface area contributed by atoms with E-state index in [4.69, 9.17) is 9.47 Å². The van der Waals surface area contributed by atoms with E-state index in [9.17, 15) is 24.6 Å². The normalized spacial score (nSPS) is 12.8. The molecule has 1 rings (SSSR count). The van der Waals surface area contributed by atoms with Gasteiger partial charge in [0.15, 0.2) is 0 Å². The second-order valence-electron chi connectivity index (χ2n) is 7.03. The number of benzene rings is 1. The molecule has 0 saturated heterocycles. The van der Waals surface area contributed by atoms with Crippen LogP contribution in [0.5, 0.6) is 5.75 Å². The van der Waals surface area contributed by atoms with Gasteiger partial charge in [0, 0.05) is 18.6 Å². The quantitative estimate of drug-likeness (QED) is 0.199. The minimum Gasteiger partial charge on any atom is -0.549 e. The zero-order chi connectivity index (χ0) is 21.9. The molecule has 0 aliphatic carbocycles. The number of aryl methyl sites for hydroxylation is 1. The first-order chi connectivity index (χ1) is 13.7. The standard InChI is InChI=1S/C22H30O7/c1-4-5-6-7-12-28-13-11-22(21(26)27,17(3)20(24)25)15-19(23)29-18-10-8-9-16(2)14-18/h8-10,14H,3-7,11-13,15H2,1-2H3,(H,24,25)(H,26,27)/p-2. The summed E-state index contributed by atoms with van der Waals surface area (Å²) in [5.74, 6) is -4.18. The molecule has 1 unspecified atom stereocenters. The highest BCUT2D eigenvalue weighted by Gasteiger charge is 2.38. The molecule has 0 N–H and O–H groups in total. The van der Waals surface area contributed by atoms with Crippen molar-refractivity contribution in [2.45, 2.75) is 52.4 Å². The maximum absolute atomic E-state index is 12.4. The molecule has 0 aliphatic rings. The van der Waals surface area contributed by atoms with E-state index in [1.54, 1.807) is 31.2 Å². The first-order valence-corrected chi connectivity index (χ1v) is 9.70. The molecule has 1 aromatic carbocycles. The first kappa shape index (κ1) is 24.4. The molecule has 0 saturated carbocycles. The Morgan fingerprint density at radius 1 is 1.10 bits per heavy atom. The lowest BCUT2D eigenvalue weighted by Gasteiger charge is -2.36. The third kappa shape index (κ3) is 7.69. The van der Waals surface area contributed by atoms with Gasteiger partial charge in [-0.15, -0.1) is 0 Å². The van der Waals surface area contributed by atoms with Crippen LogP contribution in [0.4, 0.5) is 0 Å². The van der Waals surface area contributed by atoms with E-state index in [1.807, 2.05) is 0 Å². The predicted molar refractivity (Wildman–Crippen MR) is 103 cm³/mol. The average molecular weight is 404 g/mol. The number of hydrogen-bond acceptors (Lipinski definition) is 7. The van der Waals surface area contributed by atoms with Crippen molar-refractivity contribution in [1.82, 2.24) is 0 Å². The molecule has 0 aromatic heterocycles. The Bertz CT molecular complexity index is 726. The fourth-order valence-corrected chi connectivity index (χ4v) is 2.91. The summed E-state index contributed by atoms with van der Waals surface area (Å²) in [6, 6.07) is 6.62. The van der Waals surface area contributed by atoms with E-state index in [0.717, 1.165) is 31.2 Å². The number of ether oxygens (including phenoxy) is 2. The van der Waals surface area contributed by atoms with Crippen molar-refractivity contribution < 1.29 is 34.1 Å². The van der Waals surface area contributed by atoms with Crippen LogP contribution in [-0.4, -0.2) is 31.1 Å². The highest BCUT2D eigenvalue weighted by molar-refractivity contribution is 5.96. The van der Waals surface area contributed by atoms with Gasteiger partial charge in [0.25, 0.3) is 0 Å². The van der Waals surface area contributed by atoms with Crippen molar-refractivity contribution in [3.63, 3.8) is 0 Å². The van der Waals surface area contributed by atoms with Crippen molar-refractivity contribution in [3.05, 3.63) is 42.0 Å². The summed E-state index contributed by atoms with van der Waals surface area (Å²) in [6.45, 7) is 7.55. The van der Waals surface area contributed by atoms with Crippen LogP contribution in [0.2, 0.25) is 0 Å². The molecule has 0 radical (unpaired) electrons. The fraction of sp³-hybridized carbons (Fsp3) is 0.500. The topological polar surface area (TPSA) is 116 Å². The Kier molecular flexibility index (Phi) is 10.1. The van der Waals surface area contributed by atoms with E-state index >= 15 is 0 Å². The second kappa shape index (κ2) is 12.0. The molecular formula is C22H28O7-2. The number of carboxylic acids is 2. The Morgan fingerprint density at radius 2 is 1.83 bits per heavy atom. The lowest BCUT2D eigenvalue weighted by atomic mass is 9.75. The lowest BCUT2D eigenvalue weighted by molar-refractivity contribution is -0.322. The lowest BCUT2D eigenvalue weighted by Crippen LogP contribution is -2.50. The zero-order valence-electron chi connectivity index (χ0n) is 17.0.